The fourth-order valence-electron chi connectivity index (χ4n) is 13.5. The summed E-state index contributed by atoms with van der Waals surface area (Å²) in [6.07, 6.45) is 0. The van der Waals surface area contributed by atoms with Crippen molar-refractivity contribution in [3.63, 3.8) is 0 Å². The van der Waals surface area contributed by atoms with Crippen LogP contribution in [0.15, 0.2) is 281 Å². The van der Waals surface area contributed by atoms with Crippen LogP contribution in [0.4, 0.5) is 0 Å². The van der Waals surface area contributed by atoms with E-state index in [0.717, 1.165) is 198 Å². The van der Waals surface area contributed by atoms with E-state index in [1.165, 1.54) is 0 Å². The summed E-state index contributed by atoms with van der Waals surface area (Å²) < 4.78 is 39.9. The lowest BCUT2D eigenvalue weighted by Gasteiger charge is -2.12. The lowest BCUT2D eigenvalue weighted by Crippen LogP contribution is -1.87. The summed E-state index contributed by atoms with van der Waals surface area (Å²) >= 11 is 0. The van der Waals surface area contributed by atoms with Gasteiger partial charge in [-0.1, -0.05) is 127 Å². The Morgan fingerprint density at radius 3 is 0.655 bits per heavy atom. The minimum atomic E-state index is 0.809. The van der Waals surface area contributed by atoms with Crippen LogP contribution in [0.25, 0.3) is 198 Å². The Morgan fingerprint density at radius 2 is 0.357 bits per heavy atom. The molecule has 19 aromatic rings. The first-order valence-electron chi connectivity index (χ1n) is 28.3. The molecule has 0 bridgehead atoms. The highest BCUT2D eigenvalue weighted by molar-refractivity contribution is 6.29. The fraction of sp³-hybridized carbons (Fsp3) is 0. The summed E-state index contributed by atoms with van der Waals surface area (Å²) in [5.74, 6) is 0. The number of rotatable bonds is 6. The second-order valence-electron chi connectivity index (χ2n) is 22.2. The second-order valence-corrected chi connectivity index (χ2v) is 22.2. The minimum Gasteiger partial charge on any atom is -0.456 e. The lowest BCUT2D eigenvalue weighted by molar-refractivity contribution is 0.663. The maximum Gasteiger partial charge on any atom is 0.136 e. The van der Waals surface area contributed by atoms with Crippen LogP contribution in [0.2, 0.25) is 0 Å². The average molecular weight is 1080 g/mol. The molecule has 0 aliphatic carbocycles. The van der Waals surface area contributed by atoms with Gasteiger partial charge in [-0.05, 0) is 194 Å². The molecule has 0 aliphatic rings. The molecule has 0 spiro atoms. The van der Waals surface area contributed by atoms with Crippen molar-refractivity contribution in [2.75, 3.05) is 0 Å². The zero-order valence-corrected chi connectivity index (χ0v) is 44.7. The van der Waals surface area contributed by atoms with Crippen molar-refractivity contribution in [2.24, 2.45) is 0 Å². The molecule has 84 heavy (non-hydrogen) atoms. The van der Waals surface area contributed by atoms with Crippen molar-refractivity contribution in [1.82, 2.24) is 0 Å². The van der Waals surface area contributed by atoms with Crippen LogP contribution in [0.3, 0.4) is 0 Å². The van der Waals surface area contributed by atoms with Crippen LogP contribution >= 0.6 is 0 Å². The van der Waals surface area contributed by atoms with Gasteiger partial charge in [0.15, 0.2) is 0 Å². The predicted octanol–water partition coefficient (Wildman–Crippen LogP) is 23.1. The minimum absolute atomic E-state index is 0.809. The van der Waals surface area contributed by atoms with Gasteiger partial charge in [-0.2, -0.15) is 0 Å². The van der Waals surface area contributed by atoms with Gasteiger partial charge in [-0.3, -0.25) is 0 Å². The molecule has 0 saturated heterocycles. The van der Waals surface area contributed by atoms with E-state index < -0.39 is 0 Å². The Bertz CT molecular complexity index is 5710. The number of benzene rings is 13. The van der Waals surface area contributed by atoms with E-state index in [-0.39, 0.29) is 0 Å². The van der Waals surface area contributed by atoms with Crippen LogP contribution < -0.4 is 0 Å². The normalized spacial score (nSPS) is 12.3. The van der Waals surface area contributed by atoms with Crippen LogP contribution in [-0.4, -0.2) is 0 Å². The van der Waals surface area contributed by atoms with Crippen molar-refractivity contribution in [1.29, 1.82) is 0 Å². The molecule has 0 radical (unpaired) electrons. The van der Waals surface area contributed by atoms with Gasteiger partial charge >= 0.3 is 0 Å². The van der Waals surface area contributed by atoms with E-state index in [2.05, 4.69) is 212 Å². The summed E-state index contributed by atoms with van der Waals surface area (Å²) in [5, 5.41) is 12.4. The Kier molecular flexibility index (Phi) is 9.24. The van der Waals surface area contributed by atoms with Crippen LogP contribution in [0, 0.1) is 0 Å². The maximum atomic E-state index is 6.69. The second kappa shape index (κ2) is 17.1. The van der Waals surface area contributed by atoms with Crippen molar-refractivity contribution in [3.05, 3.63) is 255 Å². The number of hydrogen-bond acceptors (Lipinski definition) is 6. The molecule has 0 fully saturated rings. The Morgan fingerprint density at radius 1 is 0.131 bits per heavy atom. The third kappa shape index (κ3) is 6.73. The summed E-state index contributed by atoms with van der Waals surface area (Å²) in [6, 6.07) is 89.8. The van der Waals surface area contributed by atoms with Crippen molar-refractivity contribution in [2.45, 2.75) is 0 Å². The van der Waals surface area contributed by atoms with E-state index in [1.807, 2.05) is 42.5 Å². The molecule has 0 N–H and O–H groups in total. The van der Waals surface area contributed by atoms with Gasteiger partial charge in [0.1, 0.15) is 67.0 Å². The van der Waals surface area contributed by atoms with Gasteiger partial charge in [-0.25, -0.2) is 0 Å². The number of fused-ring (bicyclic) bond motifs is 21. The van der Waals surface area contributed by atoms with E-state index >= 15 is 0 Å². The average Bonchev–Trinajstić information content (AvgIpc) is 2.48. The van der Waals surface area contributed by atoms with E-state index in [1.54, 1.807) is 0 Å². The van der Waals surface area contributed by atoms with Gasteiger partial charge in [0.25, 0.3) is 0 Å². The highest BCUT2D eigenvalue weighted by Crippen LogP contribution is 2.47. The Balaban J connectivity index is 0.826. The highest BCUT2D eigenvalue weighted by atomic mass is 16.4. The molecule has 0 aliphatic heterocycles. The molecule has 6 heteroatoms. The zero-order chi connectivity index (χ0) is 54.7. The van der Waals surface area contributed by atoms with Gasteiger partial charge in [0.2, 0.25) is 0 Å². The highest BCUT2D eigenvalue weighted by Gasteiger charge is 2.23. The Labute approximate surface area is 477 Å². The molecule has 0 saturated carbocycles. The summed E-state index contributed by atoms with van der Waals surface area (Å²) in [5.41, 5.74) is 22.9. The van der Waals surface area contributed by atoms with Crippen LogP contribution in [-0.2, 0) is 0 Å². The van der Waals surface area contributed by atoms with Gasteiger partial charge in [0, 0.05) is 64.6 Å². The van der Waals surface area contributed by atoms with E-state index in [0.29, 0.717) is 0 Å². The summed E-state index contributed by atoms with van der Waals surface area (Å²) in [4.78, 5) is 0. The molecule has 6 aromatic heterocycles. The molecular formula is C78H42O6. The third-order valence-electron chi connectivity index (χ3n) is 17.5. The molecule has 0 atom stereocenters. The topological polar surface area (TPSA) is 78.8 Å². The largest absolute Gasteiger partial charge is 0.456 e. The van der Waals surface area contributed by atoms with Crippen LogP contribution in [0.5, 0.6) is 0 Å². The maximum absolute atomic E-state index is 6.69. The first-order chi connectivity index (χ1) is 41.5. The molecule has 390 valence electrons. The first-order valence-corrected chi connectivity index (χ1v) is 28.3. The molecule has 13 aromatic carbocycles. The standard InChI is InChI=1S/C78H42O6/c1-4-10-43(11-5-1)46-17-23-61-56(37-46)75-68(80-61)30-32-70-77(75)59-40-49(20-26-64(59)82-70)53-34-52(48-19-25-63-58(39-48)74-67(79-63)29-28-66-73(74)55-22-16-51(42-72(55)84-66)45-14-8-3-9-15-45)35-54(36-53)50-21-27-65-60(41-50)78-71(83-65)33-31-69-76(78)57-38-47(18-24-62(57)81-69)44-12-6-2-7-13-44/h1-42H. The van der Waals surface area contributed by atoms with E-state index in [9.17, 15) is 0 Å². The molecule has 6 nitrogen and oxygen atoms in total. The summed E-state index contributed by atoms with van der Waals surface area (Å²) in [6.45, 7) is 0. The van der Waals surface area contributed by atoms with Crippen molar-refractivity contribution in [3.8, 4) is 66.8 Å². The van der Waals surface area contributed by atoms with Crippen molar-refractivity contribution < 1.29 is 26.5 Å². The molecular weight excluding hydrogens is 1030 g/mol. The number of furan rings is 6. The number of hydrogen-bond donors (Lipinski definition) is 0. The Hall–Kier alpha value is -11.3. The van der Waals surface area contributed by atoms with Crippen molar-refractivity contribution >= 4 is 132 Å². The smallest absolute Gasteiger partial charge is 0.136 e. The molecule has 19 rings (SSSR count). The van der Waals surface area contributed by atoms with E-state index in [4.69, 9.17) is 26.5 Å². The monoisotopic (exact) mass is 1070 g/mol. The van der Waals surface area contributed by atoms with Gasteiger partial charge in [-0.15, -0.1) is 0 Å². The molecule has 6 heterocycles. The quantitative estimate of drug-likeness (QED) is 0.165. The molecule has 0 unspecified atom stereocenters. The third-order valence-corrected chi connectivity index (χ3v) is 17.5. The van der Waals surface area contributed by atoms with Crippen LogP contribution in [0.1, 0.15) is 0 Å². The lowest BCUT2D eigenvalue weighted by atomic mass is 9.91. The summed E-state index contributed by atoms with van der Waals surface area (Å²) in [7, 11) is 0. The van der Waals surface area contributed by atoms with Gasteiger partial charge < -0.3 is 26.5 Å². The fourth-order valence-corrected chi connectivity index (χ4v) is 13.5. The predicted molar refractivity (Wildman–Crippen MR) is 343 cm³/mol. The SMILES string of the molecule is c1ccc(-c2ccc3c(c2)oc2ccc4oc5ccc(-c6cc(-c7ccc8oc9ccc%10oc%11ccc(-c%12ccccc%12)cc%11c%10c9c8c7)cc(-c7ccc8oc9ccc%10oc%11ccc(-c%12ccccc%12)cc%11c%10c9c8c7)c6)cc5c4c23)cc1. The first kappa shape index (κ1) is 45.4. The zero-order valence-electron chi connectivity index (χ0n) is 44.7. The van der Waals surface area contributed by atoms with Gasteiger partial charge in [0.05, 0.1) is 0 Å². The molecule has 0 amide bonds.